The normalized spacial score (nSPS) is 27.1. The SMILES string of the molecule is CC(C)N1CCC(C)(CCN(C)C)C1=O. The van der Waals surface area contributed by atoms with Gasteiger partial charge in [-0.15, -0.1) is 0 Å². The van der Waals surface area contributed by atoms with Crippen LogP contribution in [0.3, 0.4) is 0 Å². The zero-order chi connectivity index (χ0) is 11.6. The van der Waals surface area contributed by atoms with Gasteiger partial charge in [-0.3, -0.25) is 4.79 Å². The molecule has 1 rings (SSSR count). The molecule has 1 heterocycles. The first-order chi connectivity index (χ1) is 6.87. The molecule has 0 radical (unpaired) electrons. The zero-order valence-electron chi connectivity index (χ0n) is 10.7. The van der Waals surface area contributed by atoms with E-state index >= 15 is 0 Å². The lowest BCUT2D eigenvalue weighted by Gasteiger charge is -2.26. The van der Waals surface area contributed by atoms with Crippen molar-refractivity contribution in [3.63, 3.8) is 0 Å². The molecule has 1 saturated heterocycles. The van der Waals surface area contributed by atoms with Crippen LogP contribution in [0.2, 0.25) is 0 Å². The highest BCUT2D eigenvalue weighted by atomic mass is 16.2. The number of carbonyl (C=O) groups is 1. The minimum absolute atomic E-state index is 0.117. The van der Waals surface area contributed by atoms with Crippen LogP contribution >= 0.6 is 0 Å². The largest absolute Gasteiger partial charge is 0.340 e. The Kier molecular flexibility index (Phi) is 3.77. The molecule has 1 amide bonds. The summed E-state index contributed by atoms with van der Waals surface area (Å²) in [6.45, 7) is 8.22. The predicted octanol–water partition coefficient (Wildman–Crippen LogP) is 1.59. The molecule has 3 nitrogen and oxygen atoms in total. The van der Waals surface area contributed by atoms with Crippen LogP contribution in [0.15, 0.2) is 0 Å². The second-order valence-electron chi connectivity index (χ2n) is 5.46. The smallest absolute Gasteiger partial charge is 0.228 e. The Morgan fingerprint density at radius 2 is 2.07 bits per heavy atom. The van der Waals surface area contributed by atoms with E-state index < -0.39 is 0 Å². The third kappa shape index (κ3) is 2.71. The zero-order valence-corrected chi connectivity index (χ0v) is 10.7. The lowest BCUT2D eigenvalue weighted by Crippen LogP contribution is -2.38. The van der Waals surface area contributed by atoms with E-state index in [1.165, 1.54) is 0 Å². The van der Waals surface area contributed by atoms with E-state index in [2.05, 4.69) is 39.8 Å². The van der Waals surface area contributed by atoms with Gasteiger partial charge in [0.15, 0.2) is 0 Å². The maximum Gasteiger partial charge on any atom is 0.228 e. The lowest BCUT2D eigenvalue weighted by atomic mass is 9.85. The van der Waals surface area contributed by atoms with Gasteiger partial charge in [0.2, 0.25) is 5.91 Å². The molecule has 0 N–H and O–H groups in total. The van der Waals surface area contributed by atoms with Crippen LogP contribution in [-0.2, 0) is 4.79 Å². The molecule has 0 aromatic heterocycles. The number of hydrogen-bond acceptors (Lipinski definition) is 2. The van der Waals surface area contributed by atoms with Crippen LogP contribution in [0.4, 0.5) is 0 Å². The van der Waals surface area contributed by atoms with Gasteiger partial charge >= 0.3 is 0 Å². The van der Waals surface area contributed by atoms with Crippen LogP contribution in [0.1, 0.15) is 33.6 Å². The summed E-state index contributed by atoms with van der Waals surface area (Å²) in [7, 11) is 4.12. The van der Waals surface area contributed by atoms with Crippen LogP contribution in [0.25, 0.3) is 0 Å². The van der Waals surface area contributed by atoms with Crippen molar-refractivity contribution in [3.05, 3.63) is 0 Å². The van der Waals surface area contributed by atoms with Gasteiger partial charge in [-0.25, -0.2) is 0 Å². The molecule has 0 spiro atoms. The monoisotopic (exact) mass is 212 g/mol. The quantitative estimate of drug-likeness (QED) is 0.706. The average molecular weight is 212 g/mol. The summed E-state index contributed by atoms with van der Waals surface area (Å²) < 4.78 is 0. The predicted molar refractivity (Wildman–Crippen MR) is 62.7 cm³/mol. The Balaban J connectivity index is 2.60. The maximum atomic E-state index is 12.2. The molecule has 1 aliphatic heterocycles. The van der Waals surface area contributed by atoms with Crippen molar-refractivity contribution in [2.75, 3.05) is 27.2 Å². The molecule has 0 aliphatic carbocycles. The highest BCUT2D eigenvalue weighted by Crippen LogP contribution is 2.35. The average Bonchev–Trinajstić information content (AvgIpc) is 2.41. The summed E-state index contributed by atoms with van der Waals surface area (Å²) in [6.07, 6.45) is 1.99. The van der Waals surface area contributed by atoms with Gasteiger partial charge in [-0.2, -0.15) is 0 Å². The first kappa shape index (κ1) is 12.5. The van der Waals surface area contributed by atoms with Gasteiger partial charge in [0, 0.05) is 18.0 Å². The number of likely N-dealkylation sites (tertiary alicyclic amines) is 1. The number of rotatable bonds is 4. The minimum Gasteiger partial charge on any atom is -0.340 e. The Morgan fingerprint density at radius 1 is 1.47 bits per heavy atom. The minimum atomic E-state index is -0.117. The molecule has 0 aromatic carbocycles. The van der Waals surface area contributed by atoms with Gasteiger partial charge in [0.1, 0.15) is 0 Å². The number of carbonyl (C=O) groups excluding carboxylic acids is 1. The van der Waals surface area contributed by atoms with E-state index in [0.29, 0.717) is 11.9 Å². The van der Waals surface area contributed by atoms with E-state index in [0.717, 1.165) is 25.9 Å². The molecular formula is C12H24N2O. The van der Waals surface area contributed by atoms with Gasteiger partial charge < -0.3 is 9.80 Å². The molecule has 15 heavy (non-hydrogen) atoms. The topological polar surface area (TPSA) is 23.6 Å². The van der Waals surface area contributed by atoms with Crippen LogP contribution in [-0.4, -0.2) is 48.9 Å². The summed E-state index contributed by atoms with van der Waals surface area (Å²) in [6, 6.07) is 0.346. The van der Waals surface area contributed by atoms with Crippen molar-refractivity contribution < 1.29 is 4.79 Å². The van der Waals surface area contributed by atoms with E-state index in [9.17, 15) is 4.79 Å². The fraction of sp³-hybridized carbons (Fsp3) is 0.917. The second kappa shape index (κ2) is 4.52. The molecule has 1 fully saturated rings. The summed E-state index contributed by atoms with van der Waals surface area (Å²) in [4.78, 5) is 16.3. The summed E-state index contributed by atoms with van der Waals surface area (Å²) in [5.74, 6) is 0.347. The third-order valence-corrected chi connectivity index (χ3v) is 3.42. The fourth-order valence-electron chi connectivity index (χ4n) is 2.12. The van der Waals surface area contributed by atoms with E-state index in [1.807, 2.05) is 4.90 Å². The van der Waals surface area contributed by atoms with Crippen molar-refractivity contribution in [2.24, 2.45) is 5.41 Å². The van der Waals surface area contributed by atoms with Crippen molar-refractivity contribution in [1.82, 2.24) is 9.80 Å². The highest BCUT2D eigenvalue weighted by molar-refractivity contribution is 5.84. The van der Waals surface area contributed by atoms with Crippen LogP contribution in [0.5, 0.6) is 0 Å². The molecule has 3 heteroatoms. The van der Waals surface area contributed by atoms with Crippen molar-refractivity contribution >= 4 is 5.91 Å². The molecule has 0 bridgehead atoms. The Morgan fingerprint density at radius 3 is 2.47 bits per heavy atom. The molecule has 88 valence electrons. The molecule has 0 aromatic rings. The maximum absolute atomic E-state index is 12.2. The first-order valence-electron chi connectivity index (χ1n) is 5.82. The van der Waals surface area contributed by atoms with Gasteiger partial charge in [-0.1, -0.05) is 6.92 Å². The highest BCUT2D eigenvalue weighted by Gasteiger charge is 2.42. The second-order valence-corrected chi connectivity index (χ2v) is 5.46. The van der Waals surface area contributed by atoms with E-state index in [-0.39, 0.29) is 5.41 Å². The molecular weight excluding hydrogens is 188 g/mol. The number of amides is 1. The third-order valence-electron chi connectivity index (χ3n) is 3.42. The number of nitrogens with zero attached hydrogens (tertiary/aromatic N) is 2. The van der Waals surface area contributed by atoms with E-state index in [1.54, 1.807) is 0 Å². The summed E-state index contributed by atoms with van der Waals surface area (Å²) in [5.41, 5.74) is -0.117. The fourth-order valence-corrected chi connectivity index (χ4v) is 2.12. The Bertz CT molecular complexity index is 238. The lowest BCUT2D eigenvalue weighted by molar-refractivity contribution is -0.137. The van der Waals surface area contributed by atoms with Crippen molar-refractivity contribution in [1.29, 1.82) is 0 Å². The number of hydrogen-bond donors (Lipinski definition) is 0. The summed E-state index contributed by atoms with van der Waals surface area (Å²) >= 11 is 0. The van der Waals surface area contributed by atoms with Gasteiger partial charge in [-0.05, 0) is 47.3 Å². The van der Waals surface area contributed by atoms with Crippen molar-refractivity contribution in [3.8, 4) is 0 Å². The van der Waals surface area contributed by atoms with Crippen LogP contribution < -0.4 is 0 Å². The van der Waals surface area contributed by atoms with Crippen molar-refractivity contribution in [2.45, 2.75) is 39.7 Å². The first-order valence-corrected chi connectivity index (χ1v) is 5.82. The molecule has 1 unspecified atom stereocenters. The molecule has 0 saturated carbocycles. The Hall–Kier alpha value is -0.570. The van der Waals surface area contributed by atoms with E-state index in [4.69, 9.17) is 0 Å². The van der Waals surface area contributed by atoms with Gasteiger partial charge in [0.25, 0.3) is 0 Å². The summed E-state index contributed by atoms with van der Waals surface area (Å²) in [5, 5.41) is 0. The standard InChI is InChI=1S/C12H24N2O/c1-10(2)14-9-7-12(3,11(14)15)6-8-13(4)5/h10H,6-9H2,1-5H3. The Labute approximate surface area is 93.4 Å². The molecule has 1 aliphatic rings. The van der Waals surface area contributed by atoms with Gasteiger partial charge in [0.05, 0.1) is 0 Å². The van der Waals surface area contributed by atoms with Crippen LogP contribution in [0, 0.1) is 5.41 Å². The molecule has 1 atom stereocenters.